The molecule has 0 fully saturated rings. The van der Waals surface area contributed by atoms with Crippen molar-refractivity contribution in [3.05, 3.63) is 66.6 Å². The molecule has 4 heteroatoms. The molecule has 2 aromatic carbocycles. The topological polar surface area (TPSA) is 12.0 Å². The molecule has 1 N–H and O–H groups in total. The van der Waals surface area contributed by atoms with Gasteiger partial charge in [-0.3, -0.25) is 0 Å². The zero-order valence-electron chi connectivity index (χ0n) is 12.3. The van der Waals surface area contributed by atoms with Crippen LogP contribution in [0.3, 0.4) is 0 Å². The summed E-state index contributed by atoms with van der Waals surface area (Å²) in [5.74, 6) is 0. The zero-order chi connectivity index (χ0) is 15.6. The maximum Gasteiger partial charge on any atom is 0.0602 e. The molecule has 0 bridgehead atoms. The molecule has 0 saturated carbocycles. The van der Waals surface area contributed by atoms with Crippen LogP contribution >= 0.6 is 43.5 Å². The molecular formula is C17H18Br2ClN. The third kappa shape index (κ3) is 3.89. The van der Waals surface area contributed by atoms with Crippen molar-refractivity contribution in [2.24, 2.45) is 0 Å². The number of rotatable bonds is 4. The lowest BCUT2D eigenvalue weighted by molar-refractivity contribution is 0.628. The van der Waals surface area contributed by atoms with E-state index in [2.05, 4.69) is 82.2 Å². The van der Waals surface area contributed by atoms with Gasteiger partial charge in [0.05, 0.1) is 6.04 Å². The lowest BCUT2D eigenvalue weighted by Gasteiger charge is -2.22. The highest BCUT2D eigenvalue weighted by Gasteiger charge is 2.19. The Morgan fingerprint density at radius 3 is 2.38 bits per heavy atom. The number of benzene rings is 2. The van der Waals surface area contributed by atoms with E-state index in [9.17, 15) is 0 Å². The van der Waals surface area contributed by atoms with E-state index in [-0.39, 0.29) is 6.04 Å². The minimum atomic E-state index is 0.0642. The first-order valence-electron chi connectivity index (χ1n) is 6.89. The van der Waals surface area contributed by atoms with Crippen molar-refractivity contribution in [1.29, 1.82) is 0 Å². The third-order valence-corrected chi connectivity index (χ3v) is 5.33. The van der Waals surface area contributed by atoms with Gasteiger partial charge in [0, 0.05) is 14.0 Å². The molecule has 0 aliphatic heterocycles. The first-order chi connectivity index (χ1) is 9.93. The van der Waals surface area contributed by atoms with Crippen LogP contribution in [0.15, 0.2) is 39.3 Å². The van der Waals surface area contributed by atoms with Crippen molar-refractivity contribution >= 4 is 43.5 Å². The van der Waals surface area contributed by atoms with Gasteiger partial charge in [0.15, 0.2) is 0 Å². The summed E-state index contributed by atoms with van der Waals surface area (Å²) in [6.07, 6.45) is 0. The highest BCUT2D eigenvalue weighted by Crippen LogP contribution is 2.35. The van der Waals surface area contributed by atoms with Gasteiger partial charge in [0.2, 0.25) is 0 Å². The van der Waals surface area contributed by atoms with Gasteiger partial charge < -0.3 is 5.32 Å². The minimum absolute atomic E-state index is 0.0642. The van der Waals surface area contributed by atoms with Gasteiger partial charge in [-0.15, -0.1) is 0 Å². The van der Waals surface area contributed by atoms with E-state index in [1.807, 2.05) is 6.07 Å². The predicted octanol–water partition coefficient (Wildman–Crippen LogP) is 6.18. The van der Waals surface area contributed by atoms with Crippen molar-refractivity contribution in [3.8, 4) is 0 Å². The molecule has 1 nitrogen and oxygen atoms in total. The molecule has 0 aromatic heterocycles. The van der Waals surface area contributed by atoms with E-state index >= 15 is 0 Å². The molecule has 0 heterocycles. The Bertz CT molecular complexity index is 655. The fraction of sp³-hybridized carbons (Fsp3) is 0.294. The van der Waals surface area contributed by atoms with Crippen LogP contribution in [0.2, 0.25) is 5.02 Å². The molecule has 0 amide bonds. The van der Waals surface area contributed by atoms with Gasteiger partial charge in [-0.1, -0.05) is 62.5 Å². The summed E-state index contributed by atoms with van der Waals surface area (Å²) in [5.41, 5.74) is 4.65. The maximum absolute atomic E-state index is 6.47. The molecule has 1 unspecified atom stereocenters. The Balaban J connectivity index is 2.55. The van der Waals surface area contributed by atoms with Crippen LogP contribution in [0.4, 0.5) is 0 Å². The van der Waals surface area contributed by atoms with Crippen molar-refractivity contribution in [3.63, 3.8) is 0 Å². The predicted molar refractivity (Wildman–Crippen MR) is 98.3 cm³/mol. The van der Waals surface area contributed by atoms with Gasteiger partial charge in [0.25, 0.3) is 0 Å². The van der Waals surface area contributed by atoms with Crippen LogP contribution in [0.5, 0.6) is 0 Å². The first-order valence-corrected chi connectivity index (χ1v) is 8.85. The highest BCUT2D eigenvalue weighted by molar-refractivity contribution is 9.11. The van der Waals surface area contributed by atoms with Gasteiger partial charge in [-0.25, -0.2) is 0 Å². The number of hydrogen-bond donors (Lipinski definition) is 1. The Morgan fingerprint density at radius 2 is 1.76 bits per heavy atom. The van der Waals surface area contributed by atoms with Crippen molar-refractivity contribution in [2.45, 2.75) is 26.8 Å². The van der Waals surface area contributed by atoms with E-state index in [0.717, 1.165) is 26.1 Å². The van der Waals surface area contributed by atoms with E-state index in [1.165, 1.54) is 16.7 Å². The molecule has 1 atom stereocenters. The van der Waals surface area contributed by atoms with Crippen LogP contribution in [0, 0.1) is 13.8 Å². The molecule has 0 aliphatic rings. The second-order valence-corrected chi connectivity index (χ2v) is 7.25. The van der Waals surface area contributed by atoms with Crippen LogP contribution in [0.25, 0.3) is 0 Å². The molecule has 0 radical (unpaired) electrons. The lowest BCUT2D eigenvalue weighted by Crippen LogP contribution is -2.23. The van der Waals surface area contributed by atoms with E-state index in [0.29, 0.717) is 0 Å². The van der Waals surface area contributed by atoms with E-state index < -0.39 is 0 Å². The minimum Gasteiger partial charge on any atom is -0.306 e. The summed E-state index contributed by atoms with van der Waals surface area (Å²) in [6, 6.07) is 10.6. The van der Waals surface area contributed by atoms with Gasteiger partial charge in [0.1, 0.15) is 0 Å². The molecule has 2 aromatic rings. The quantitative estimate of drug-likeness (QED) is 0.609. The summed E-state index contributed by atoms with van der Waals surface area (Å²) in [4.78, 5) is 0. The molecule has 21 heavy (non-hydrogen) atoms. The third-order valence-electron chi connectivity index (χ3n) is 3.46. The summed E-state index contributed by atoms with van der Waals surface area (Å²) >= 11 is 13.8. The van der Waals surface area contributed by atoms with E-state index in [1.54, 1.807) is 0 Å². The fourth-order valence-corrected chi connectivity index (χ4v) is 3.73. The molecule has 2 rings (SSSR count). The SMILES string of the molecule is CCNC(c1ccc(C)cc1Cl)c1cc(Br)c(C)cc1Br. The van der Waals surface area contributed by atoms with Crippen LogP contribution < -0.4 is 5.32 Å². The first kappa shape index (κ1) is 17.0. The normalized spacial score (nSPS) is 12.5. The number of halogens is 3. The number of hydrogen-bond acceptors (Lipinski definition) is 1. The van der Waals surface area contributed by atoms with Crippen LogP contribution in [-0.4, -0.2) is 6.54 Å². The fourth-order valence-electron chi connectivity index (χ4n) is 2.34. The lowest BCUT2D eigenvalue weighted by atomic mass is 9.97. The molecule has 0 aliphatic carbocycles. The zero-order valence-corrected chi connectivity index (χ0v) is 16.2. The number of nitrogens with one attached hydrogen (secondary N) is 1. The van der Waals surface area contributed by atoms with Crippen molar-refractivity contribution in [2.75, 3.05) is 6.54 Å². The van der Waals surface area contributed by atoms with Crippen LogP contribution in [0.1, 0.15) is 35.2 Å². The van der Waals surface area contributed by atoms with Gasteiger partial charge in [-0.05, 0) is 60.8 Å². The summed E-state index contributed by atoms with van der Waals surface area (Å²) in [7, 11) is 0. The maximum atomic E-state index is 6.47. The average Bonchev–Trinajstić information content (AvgIpc) is 2.41. The van der Waals surface area contributed by atoms with Gasteiger partial charge in [-0.2, -0.15) is 0 Å². The largest absolute Gasteiger partial charge is 0.306 e. The van der Waals surface area contributed by atoms with E-state index in [4.69, 9.17) is 11.6 Å². The van der Waals surface area contributed by atoms with Crippen molar-refractivity contribution < 1.29 is 0 Å². The average molecular weight is 432 g/mol. The smallest absolute Gasteiger partial charge is 0.0602 e. The second-order valence-electron chi connectivity index (χ2n) is 5.14. The molecule has 0 saturated heterocycles. The molecular weight excluding hydrogens is 413 g/mol. The summed E-state index contributed by atoms with van der Waals surface area (Å²) < 4.78 is 2.19. The molecule has 0 spiro atoms. The van der Waals surface area contributed by atoms with Gasteiger partial charge >= 0.3 is 0 Å². The Morgan fingerprint density at radius 1 is 1.05 bits per heavy atom. The second kappa shape index (κ2) is 7.28. The Hall–Kier alpha value is -0.350. The standard InChI is InChI=1S/C17H18Br2ClN/c1-4-21-17(12-6-5-10(2)7-16(12)20)13-9-14(18)11(3)8-15(13)19/h5-9,17,21H,4H2,1-3H3. The number of aryl methyl sites for hydroxylation is 2. The Kier molecular flexibility index (Phi) is 5.89. The summed E-state index contributed by atoms with van der Waals surface area (Å²) in [5, 5.41) is 4.32. The Labute approximate surface area is 148 Å². The van der Waals surface area contributed by atoms with Crippen LogP contribution in [-0.2, 0) is 0 Å². The molecule has 112 valence electrons. The highest BCUT2D eigenvalue weighted by atomic mass is 79.9. The summed E-state index contributed by atoms with van der Waals surface area (Å²) in [6.45, 7) is 7.11. The van der Waals surface area contributed by atoms with Crippen molar-refractivity contribution in [1.82, 2.24) is 5.32 Å². The monoisotopic (exact) mass is 429 g/mol.